The second-order valence-electron chi connectivity index (χ2n) is 5.63. The lowest BCUT2D eigenvalue weighted by Gasteiger charge is -2.29. The van der Waals surface area contributed by atoms with Crippen molar-refractivity contribution < 1.29 is 4.79 Å². The number of amides is 1. The van der Waals surface area contributed by atoms with E-state index in [9.17, 15) is 4.79 Å². The average Bonchev–Trinajstić information content (AvgIpc) is 2.46. The first-order valence-electron chi connectivity index (χ1n) is 7.04. The molecule has 0 aromatic carbocycles. The number of rotatable bonds is 4. The first-order valence-corrected chi connectivity index (χ1v) is 7.04. The molecule has 1 saturated heterocycles. The molecule has 0 atom stereocenters. The van der Waals surface area contributed by atoms with E-state index in [0.717, 1.165) is 25.5 Å². The normalized spacial score (nSPS) is 16.9. The summed E-state index contributed by atoms with van der Waals surface area (Å²) in [5, 5.41) is 11.3. The maximum absolute atomic E-state index is 11.7. The van der Waals surface area contributed by atoms with Gasteiger partial charge >= 0.3 is 0 Å². The van der Waals surface area contributed by atoms with E-state index in [-0.39, 0.29) is 5.91 Å². The third-order valence-electron chi connectivity index (χ3n) is 3.70. The molecule has 0 unspecified atom stereocenters. The quantitative estimate of drug-likeness (QED) is 0.887. The first kappa shape index (κ1) is 14.7. The molecular formula is C14H23N5O. The van der Waals surface area contributed by atoms with Gasteiger partial charge in [0.1, 0.15) is 5.82 Å². The molecule has 0 spiro atoms. The summed E-state index contributed by atoms with van der Waals surface area (Å²) < 4.78 is 0. The molecule has 1 aliphatic rings. The van der Waals surface area contributed by atoms with Gasteiger partial charge in [-0.15, -0.1) is 10.2 Å². The molecule has 0 aliphatic carbocycles. The third kappa shape index (κ3) is 3.90. The van der Waals surface area contributed by atoms with Crippen molar-refractivity contribution in [3.8, 4) is 0 Å². The van der Waals surface area contributed by atoms with Crippen molar-refractivity contribution in [2.45, 2.75) is 12.8 Å². The van der Waals surface area contributed by atoms with Crippen LogP contribution in [0.15, 0.2) is 12.1 Å². The van der Waals surface area contributed by atoms with Crippen molar-refractivity contribution in [3.63, 3.8) is 0 Å². The molecule has 110 valence electrons. The van der Waals surface area contributed by atoms with Gasteiger partial charge in [0.05, 0.1) is 0 Å². The predicted octanol–water partition coefficient (Wildman–Crippen LogP) is 0.932. The Labute approximate surface area is 120 Å². The number of carbonyl (C=O) groups is 1. The molecule has 1 aliphatic heterocycles. The maximum Gasteiger partial charge on any atom is 0.273 e. The molecule has 6 heteroatoms. The van der Waals surface area contributed by atoms with E-state index in [1.807, 2.05) is 6.07 Å². The Morgan fingerprint density at radius 3 is 2.60 bits per heavy atom. The molecule has 1 N–H and O–H groups in total. The fraction of sp³-hybridized carbons (Fsp3) is 0.643. The van der Waals surface area contributed by atoms with Gasteiger partial charge in [-0.2, -0.15) is 0 Å². The lowest BCUT2D eigenvalue weighted by molar-refractivity contribution is 0.0821. The zero-order valence-electron chi connectivity index (χ0n) is 12.5. The van der Waals surface area contributed by atoms with Crippen LogP contribution >= 0.6 is 0 Å². The number of likely N-dealkylation sites (tertiary alicyclic amines) is 1. The summed E-state index contributed by atoms with van der Waals surface area (Å²) in [7, 11) is 5.57. The largest absolute Gasteiger partial charge is 0.368 e. The fourth-order valence-corrected chi connectivity index (χ4v) is 2.28. The minimum absolute atomic E-state index is 0.126. The van der Waals surface area contributed by atoms with Gasteiger partial charge in [0.2, 0.25) is 0 Å². The minimum Gasteiger partial charge on any atom is -0.368 e. The Morgan fingerprint density at radius 2 is 2.05 bits per heavy atom. The Morgan fingerprint density at radius 1 is 1.35 bits per heavy atom. The number of piperidine rings is 1. The van der Waals surface area contributed by atoms with Gasteiger partial charge < -0.3 is 15.1 Å². The molecule has 0 saturated carbocycles. The van der Waals surface area contributed by atoms with E-state index in [2.05, 4.69) is 27.5 Å². The molecule has 1 aromatic heterocycles. The smallest absolute Gasteiger partial charge is 0.273 e. The van der Waals surface area contributed by atoms with Gasteiger partial charge in [-0.1, -0.05) is 0 Å². The summed E-state index contributed by atoms with van der Waals surface area (Å²) in [6.45, 7) is 3.24. The van der Waals surface area contributed by atoms with Crippen LogP contribution in [0.1, 0.15) is 23.3 Å². The maximum atomic E-state index is 11.7. The average molecular weight is 277 g/mol. The SMILES string of the molecule is CN1CCC(CNc2ccc(C(=O)N(C)C)nn2)CC1. The van der Waals surface area contributed by atoms with Gasteiger partial charge in [0.25, 0.3) is 5.91 Å². The highest BCUT2D eigenvalue weighted by Gasteiger charge is 2.16. The van der Waals surface area contributed by atoms with Crippen LogP contribution in [0.25, 0.3) is 0 Å². The molecule has 1 fully saturated rings. The van der Waals surface area contributed by atoms with Crippen molar-refractivity contribution in [2.24, 2.45) is 5.92 Å². The topological polar surface area (TPSA) is 61.4 Å². The second kappa shape index (κ2) is 6.65. The number of hydrogen-bond acceptors (Lipinski definition) is 5. The van der Waals surface area contributed by atoms with E-state index in [1.165, 1.54) is 17.7 Å². The molecule has 0 radical (unpaired) electrons. The Hall–Kier alpha value is -1.69. The first-order chi connectivity index (χ1) is 9.56. The second-order valence-corrected chi connectivity index (χ2v) is 5.63. The van der Waals surface area contributed by atoms with E-state index >= 15 is 0 Å². The van der Waals surface area contributed by atoms with Crippen molar-refractivity contribution in [1.82, 2.24) is 20.0 Å². The van der Waals surface area contributed by atoms with E-state index in [4.69, 9.17) is 0 Å². The van der Waals surface area contributed by atoms with Gasteiger partial charge in [0, 0.05) is 20.6 Å². The van der Waals surface area contributed by atoms with Gasteiger partial charge in [-0.25, -0.2) is 0 Å². The Bertz CT molecular complexity index is 437. The monoisotopic (exact) mass is 277 g/mol. The predicted molar refractivity (Wildman–Crippen MR) is 78.8 cm³/mol. The highest BCUT2D eigenvalue weighted by atomic mass is 16.2. The molecular weight excluding hydrogens is 254 g/mol. The van der Waals surface area contributed by atoms with Crippen molar-refractivity contribution in [3.05, 3.63) is 17.8 Å². The van der Waals surface area contributed by atoms with Crippen LogP contribution in [0.2, 0.25) is 0 Å². The molecule has 2 rings (SSSR count). The van der Waals surface area contributed by atoms with Gasteiger partial charge in [-0.3, -0.25) is 4.79 Å². The standard InChI is InChI=1S/C14H23N5O/c1-18(2)14(20)12-4-5-13(17-16-12)15-10-11-6-8-19(3)9-7-11/h4-5,11H,6-10H2,1-3H3,(H,15,17). The summed E-state index contributed by atoms with van der Waals surface area (Å²) >= 11 is 0. The summed E-state index contributed by atoms with van der Waals surface area (Å²) in [4.78, 5) is 15.5. The van der Waals surface area contributed by atoms with Crippen molar-refractivity contribution >= 4 is 11.7 Å². The van der Waals surface area contributed by atoms with Crippen LogP contribution in [0, 0.1) is 5.92 Å². The zero-order valence-corrected chi connectivity index (χ0v) is 12.5. The molecule has 1 amide bonds. The number of nitrogens with zero attached hydrogens (tertiary/aromatic N) is 4. The van der Waals surface area contributed by atoms with Crippen molar-refractivity contribution in [2.75, 3.05) is 46.1 Å². The lowest BCUT2D eigenvalue weighted by atomic mass is 9.97. The van der Waals surface area contributed by atoms with Crippen LogP contribution in [0.3, 0.4) is 0 Å². The van der Waals surface area contributed by atoms with Crippen LogP contribution in [0.5, 0.6) is 0 Å². The van der Waals surface area contributed by atoms with Gasteiger partial charge in [0.15, 0.2) is 5.69 Å². The molecule has 1 aromatic rings. The van der Waals surface area contributed by atoms with E-state index in [0.29, 0.717) is 11.6 Å². The Kier molecular flexibility index (Phi) is 4.89. The Balaban J connectivity index is 1.83. The summed E-state index contributed by atoms with van der Waals surface area (Å²) in [5.41, 5.74) is 0.375. The lowest BCUT2D eigenvalue weighted by Crippen LogP contribution is -2.33. The summed E-state index contributed by atoms with van der Waals surface area (Å²) in [6, 6.07) is 3.53. The molecule has 6 nitrogen and oxygen atoms in total. The fourth-order valence-electron chi connectivity index (χ4n) is 2.28. The van der Waals surface area contributed by atoms with E-state index < -0.39 is 0 Å². The minimum atomic E-state index is -0.126. The zero-order chi connectivity index (χ0) is 14.5. The number of hydrogen-bond donors (Lipinski definition) is 1. The number of aromatic nitrogens is 2. The molecule has 20 heavy (non-hydrogen) atoms. The number of anilines is 1. The molecule has 0 bridgehead atoms. The summed E-state index contributed by atoms with van der Waals surface area (Å²) in [5.74, 6) is 1.30. The van der Waals surface area contributed by atoms with E-state index in [1.54, 1.807) is 20.2 Å². The van der Waals surface area contributed by atoms with Crippen LogP contribution in [-0.4, -0.2) is 66.7 Å². The highest BCUT2D eigenvalue weighted by Crippen LogP contribution is 2.16. The van der Waals surface area contributed by atoms with Crippen molar-refractivity contribution in [1.29, 1.82) is 0 Å². The highest BCUT2D eigenvalue weighted by molar-refractivity contribution is 5.91. The number of carbonyl (C=O) groups excluding carboxylic acids is 1. The molecule has 2 heterocycles. The summed E-state index contributed by atoms with van der Waals surface area (Å²) in [6.07, 6.45) is 2.43. The van der Waals surface area contributed by atoms with Crippen LogP contribution < -0.4 is 5.32 Å². The van der Waals surface area contributed by atoms with Crippen LogP contribution in [-0.2, 0) is 0 Å². The van der Waals surface area contributed by atoms with Crippen LogP contribution in [0.4, 0.5) is 5.82 Å². The third-order valence-corrected chi connectivity index (χ3v) is 3.70. The number of nitrogens with one attached hydrogen (secondary N) is 1. The van der Waals surface area contributed by atoms with Gasteiger partial charge in [-0.05, 0) is 51.0 Å².